The molecule has 0 saturated carbocycles. The maximum atomic E-state index is 11.5. The Kier molecular flexibility index (Phi) is 8.21. The van der Waals surface area contributed by atoms with Gasteiger partial charge in [-0.25, -0.2) is 0 Å². The fourth-order valence-corrected chi connectivity index (χ4v) is 1.45. The second kappa shape index (κ2) is 8.53. The maximum absolute atomic E-state index is 11.5. The van der Waals surface area contributed by atoms with Crippen LogP contribution in [-0.4, -0.2) is 31.2 Å². The Morgan fingerprint density at radius 1 is 1.31 bits per heavy atom. The predicted octanol–water partition coefficient (Wildman–Crippen LogP) is 1.44. The Morgan fingerprint density at radius 3 is 2.56 bits per heavy atom. The van der Waals surface area contributed by atoms with Crippen molar-refractivity contribution >= 4 is 5.91 Å². The molecule has 0 spiro atoms. The smallest absolute Gasteiger partial charge is 0.220 e. The summed E-state index contributed by atoms with van der Waals surface area (Å²) in [6.07, 6.45) is 3.52. The molecule has 0 aliphatic heterocycles. The Bertz CT molecular complexity index is 193. The molecule has 0 saturated heterocycles. The van der Waals surface area contributed by atoms with Crippen molar-refractivity contribution < 1.29 is 9.53 Å². The molecule has 0 aromatic carbocycles. The van der Waals surface area contributed by atoms with E-state index in [9.17, 15) is 4.79 Å². The van der Waals surface area contributed by atoms with E-state index in [0.717, 1.165) is 19.3 Å². The van der Waals surface area contributed by atoms with Gasteiger partial charge in [-0.3, -0.25) is 4.79 Å². The minimum Gasteiger partial charge on any atom is -0.374 e. The molecule has 16 heavy (non-hydrogen) atoms. The molecule has 0 radical (unpaired) electrons. The number of amides is 1. The Labute approximate surface area is 98.9 Å². The van der Waals surface area contributed by atoms with Crippen LogP contribution in [0, 0.1) is 0 Å². The van der Waals surface area contributed by atoms with Crippen LogP contribution in [-0.2, 0) is 9.53 Å². The second-order valence-electron chi connectivity index (χ2n) is 4.57. The van der Waals surface area contributed by atoms with Gasteiger partial charge in [0.05, 0.1) is 5.60 Å². The molecular weight excluding hydrogens is 204 g/mol. The third-order valence-corrected chi connectivity index (χ3v) is 2.35. The molecule has 0 aromatic heterocycles. The van der Waals surface area contributed by atoms with E-state index in [2.05, 4.69) is 5.32 Å². The van der Waals surface area contributed by atoms with E-state index in [-0.39, 0.29) is 11.5 Å². The van der Waals surface area contributed by atoms with Crippen LogP contribution < -0.4 is 11.1 Å². The van der Waals surface area contributed by atoms with Gasteiger partial charge in [0.15, 0.2) is 0 Å². The molecule has 3 N–H and O–H groups in total. The van der Waals surface area contributed by atoms with Crippen molar-refractivity contribution in [2.45, 2.75) is 52.1 Å². The molecule has 0 aliphatic rings. The first-order valence-electron chi connectivity index (χ1n) is 6.12. The lowest BCUT2D eigenvalue weighted by Crippen LogP contribution is -2.40. The first-order valence-corrected chi connectivity index (χ1v) is 6.12. The van der Waals surface area contributed by atoms with Crippen LogP contribution in [0.25, 0.3) is 0 Å². The fourth-order valence-electron chi connectivity index (χ4n) is 1.45. The van der Waals surface area contributed by atoms with Crippen LogP contribution in [0.15, 0.2) is 0 Å². The summed E-state index contributed by atoms with van der Waals surface area (Å²) in [6.45, 7) is 7.85. The van der Waals surface area contributed by atoms with Crippen LogP contribution in [0.1, 0.15) is 46.5 Å². The number of unbranched alkanes of at least 4 members (excludes halogenated alkanes) is 2. The van der Waals surface area contributed by atoms with Gasteiger partial charge in [-0.1, -0.05) is 6.42 Å². The van der Waals surface area contributed by atoms with E-state index in [1.165, 1.54) is 0 Å². The number of rotatable bonds is 9. The SMILES string of the molecule is CCOC(C)(C)CNC(=O)CCCCCN. The second-order valence-corrected chi connectivity index (χ2v) is 4.57. The van der Waals surface area contributed by atoms with Gasteiger partial charge in [-0.05, 0) is 40.2 Å². The third kappa shape index (κ3) is 8.68. The summed E-state index contributed by atoms with van der Waals surface area (Å²) in [4.78, 5) is 11.5. The molecule has 0 aromatic rings. The first-order chi connectivity index (χ1) is 7.52. The highest BCUT2D eigenvalue weighted by molar-refractivity contribution is 5.75. The van der Waals surface area contributed by atoms with E-state index in [1.807, 2.05) is 20.8 Å². The molecule has 96 valence electrons. The van der Waals surface area contributed by atoms with E-state index in [0.29, 0.717) is 26.1 Å². The molecule has 4 nitrogen and oxygen atoms in total. The van der Waals surface area contributed by atoms with Crippen molar-refractivity contribution in [3.63, 3.8) is 0 Å². The van der Waals surface area contributed by atoms with Crippen LogP contribution in [0.3, 0.4) is 0 Å². The summed E-state index contributed by atoms with van der Waals surface area (Å²) in [5.74, 6) is 0.102. The summed E-state index contributed by atoms with van der Waals surface area (Å²) < 4.78 is 5.49. The standard InChI is InChI=1S/C12H26N2O2/c1-4-16-12(2,3)10-14-11(15)8-6-5-7-9-13/h4-10,13H2,1-3H3,(H,14,15). The van der Waals surface area contributed by atoms with Crippen molar-refractivity contribution in [1.82, 2.24) is 5.32 Å². The normalized spacial score (nSPS) is 11.5. The van der Waals surface area contributed by atoms with Gasteiger partial charge in [-0.15, -0.1) is 0 Å². The van der Waals surface area contributed by atoms with Gasteiger partial charge in [0.1, 0.15) is 0 Å². The van der Waals surface area contributed by atoms with E-state index in [4.69, 9.17) is 10.5 Å². The number of ether oxygens (including phenoxy) is 1. The van der Waals surface area contributed by atoms with Crippen molar-refractivity contribution in [2.75, 3.05) is 19.7 Å². The zero-order valence-electron chi connectivity index (χ0n) is 10.8. The quantitative estimate of drug-likeness (QED) is 0.589. The van der Waals surface area contributed by atoms with Crippen molar-refractivity contribution in [3.8, 4) is 0 Å². The molecule has 0 atom stereocenters. The van der Waals surface area contributed by atoms with Gasteiger partial charge in [-0.2, -0.15) is 0 Å². The van der Waals surface area contributed by atoms with Gasteiger partial charge in [0.25, 0.3) is 0 Å². The van der Waals surface area contributed by atoms with Gasteiger partial charge < -0.3 is 15.8 Å². The average Bonchev–Trinajstić information content (AvgIpc) is 2.22. The van der Waals surface area contributed by atoms with E-state index >= 15 is 0 Å². The number of hydrogen-bond donors (Lipinski definition) is 2. The van der Waals surface area contributed by atoms with E-state index in [1.54, 1.807) is 0 Å². The summed E-state index contributed by atoms with van der Waals surface area (Å²) in [5, 5.41) is 2.89. The van der Waals surface area contributed by atoms with Crippen molar-refractivity contribution in [3.05, 3.63) is 0 Å². The number of carbonyl (C=O) groups excluding carboxylic acids is 1. The molecule has 0 bridgehead atoms. The summed E-state index contributed by atoms with van der Waals surface area (Å²) >= 11 is 0. The topological polar surface area (TPSA) is 64.3 Å². The molecular formula is C12H26N2O2. The molecule has 0 fully saturated rings. The lowest BCUT2D eigenvalue weighted by molar-refractivity contribution is -0.122. The monoisotopic (exact) mass is 230 g/mol. The van der Waals surface area contributed by atoms with Crippen molar-refractivity contribution in [2.24, 2.45) is 5.73 Å². The van der Waals surface area contributed by atoms with Gasteiger partial charge in [0.2, 0.25) is 5.91 Å². The maximum Gasteiger partial charge on any atom is 0.220 e. The Morgan fingerprint density at radius 2 is 2.00 bits per heavy atom. The van der Waals surface area contributed by atoms with Crippen LogP contribution in [0.5, 0.6) is 0 Å². The molecule has 0 unspecified atom stereocenters. The predicted molar refractivity (Wildman–Crippen MR) is 66.2 cm³/mol. The lowest BCUT2D eigenvalue weighted by atomic mass is 10.1. The first kappa shape index (κ1) is 15.4. The molecule has 1 amide bonds. The van der Waals surface area contributed by atoms with Gasteiger partial charge in [0, 0.05) is 19.6 Å². The number of nitrogens with two attached hydrogens (primary N) is 1. The minimum absolute atomic E-state index is 0.102. The molecule has 4 heteroatoms. The average molecular weight is 230 g/mol. The molecule has 0 heterocycles. The summed E-state index contributed by atoms with van der Waals surface area (Å²) in [7, 11) is 0. The zero-order chi connectivity index (χ0) is 12.4. The van der Waals surface area contributed by atoms with Crippen molar-refractivity contribution in [1.29, 1.82) is 0 Å². The third-order valence-electron chi connectivity index (χ3n) is 2.35. The highest BCUT2D eigenvalue weighted by Gasteiger charge is 2.18. The summed E-state index contributed by atoms with van der Waals surface area (Å²) in [6, 6.07) is 0. The number of nitrogens with one attached hydrogen (secondary N) is 1. The lowest BCUT2D eigenvalue weighted by Gasteiger charge is -2.24. The highest BCUT2D eigenvalue weighted by atomic mass is 16.5. The zero-order valence-corrected chi connectivity index (χ0v) is 10.8. The number of hydrogen-bond acceptors (Lipinski definition) is 3. The Hall–Kier alpha value is -0.610. The fraction of sp³-hybridized carbons (Fsp3) is 0.917. The van der Waals surface area contributed by atoms with Gasteiger partial charge >= 0.3 is 0 Å². The van der Waals surface area contributed by atoms with Crippen LogP contribution in [0.4, 0.5) is 0 Å². The molecule has 0 aliphatic carbocycles. The molecule has 0 rings (SSSR count). The number of carbonyl (C=O) groups is 1. The highest BCUT2D eigenvalue weighted by Crippen LogP contribution is 2.07. The minimum atomic E-state index is -0.276. The summed E-state index contributed by atoms with van der Waals surface area (Å²) in [5.41, 5.74) is 5.10. The Balaban J connectivity index is 3.56. The van der Waals surface area contributed by atoms with Crippen LogP contribution >= 0.6 is 0 Å². The van der Waals surface area contributed by atoms with Crippen LogP contribution in [0.2, 0.25) is 0 Å². The van der Waals surface area contributed by atoms with E-state index < -0.39 is 0 Å². The largest absolute Gasteiger partial charge is 0.374 e.